The van der Waals surface area contributed by atoms with Gasteiger partial charge in [-0.05, 0) is 0 Å². The molecule has 0 rings (SSSR count). The maximum absolute atomic E-state index is 11.3. The number of hydrogen-bond acceptors (Lipinski definition) is 0. The molecule has 0 aromatic rings. The maximum Gasteiger partial charge on any atom is 0.288 e. The largest absolute Gasteiger partial charge is 0.288 e. The van der Waals surface area contributed by atoms with Gasteiger partial charge in [0.1, 0.15) is 10.6 Å². The summed E-state index contributed by atoms with van der Waals surface area (Å²) in [4.78, 5) is -2.10. The van der Waals surface area contributed by atoms with Crippen LogP contribution in [-0.2, 0) is 0 Å². The van der Waals surface area contributed by atoms with Gasteiger partial charge in [-0.2, -0.15) is 0 Å². The lowest BCUT2D eigenvalue weighted by atomic mass is 10.9. The summed E-state index contributed by atoms with van der Waals surface area (Å²) in [5.74, 6) is -2.43. The van der Waals surface area contributed by atoms with E-state index >= 15 is 0 Å². The molecule has 0 amide bonds. The fraction of sp³-hybridized carbons (Fsp3) is 1.00. The van der Waals surface area contributed by atoms with Gasteiger partial charge in [-0.15, -0.1) is 23.2 Å². The van der Waals surface area contributed by atoms with Gasteiger partial charge in [-0.25, -0.2) is 0 Å². The molecule has 0 atom stereocenters. The molecule has 0 spiro atoms. The highest BCUT2D eigenvalue weighted by Gasteiger charge is 2.64. The highest BCUT2D eigenvalue weighted by atomic mass is 35.5. The summed E-state index contributed by atoms with van der Waals surface area (Å²) in [6.07, 6.45) is 0. The Morgan fingerprint density at radius 2 is 1.30 bits per heavy atom. The van der Waals surface area contributed by atoms with Crippen molar-refractivity contribution >= 4 is 33.4 Å². The molecule has 10 heavy (non-hydrogen) atoms. The van der Waals surface area contributed by atoms with E-state index in [0.29, 0.717) is 0 Å². The zero-order chi connectivity index (χ0) is 8.69. The third-order valence-corrected chi connectivity index (χ3v) is 2.08. The molecule has 0 aliphatic heterocycles. The first-order valence-corrected chi connectivity index (χ1v) is 4.90. The van der Waals surface area contributed by atoms with Crippen molar-refractivity contribution in [2.75, 3.05) is 5.75 Å². The number of hydrogen-bond donors (Lipinski definition) is 0. The van der Waals surface area contributed by atoms with Gasteiger partial charge < -0.3 is 0 Å². The first-order chi connectivity index (χ1) is 3.89. The van der Waals surface area contributed by atoms with E-state index < -0.39 is 20.8 Å². The molecular formula is C2H3Cl2F5S. The molecule has 0 aromatic heterocycles. The van der Waals surface area contributed by atoms with Crippen molar-refractivity contribution in [1.29, 1.82) is 0 Å². The van der Waals surface area contributed by atoms with Crippen LogP contribution in [0.3, 0.4) is 0 Å². The molecule has 0 N–H and O–H groups in total. The van der Waals surface area contributed by atoms with E-state index in [2.05, 4.69) is 23.2 Å². The lowest BCUT2D eigenvalue weighted by molar-refractivity contribution is 0.366. The van der Waals surface area contributed by atoms with E-state index in [-0.39, 0.29) is 0 Å². The van der Waals surface area contributed by atoms with Gasteiger partial charge in [0.05, 0.1) is 0 Å². The molecule has 0 aliphatic carbocycles. The Morgan fingerprint density at radius 3 is 1.30 bits per heavy atom. The van der Waals surface area contributed by atoms with Crippen molar-refractivity contribution in [1.82, 2.24) is 0 Å². The van der Waals surface area contributed by atoms with E-state index in [1.807, 2.05) is 0 Å². The van der Waals surface area contributed by atoms with E-state index in [9.17, 15) is 19.4 Å². The average Bonchev–Trinajstić information content (AvgIpc) is 1.12. The molecule has 0 radical (unpaired) electrons. The molecule has 0 heterocycles. The molecule has 8 heteroatoms. The summed E-state index contributed by atoms with van der Waals surface area (Å²) >= 11 is 9.07. The molecule has 0 saturated heterocycles. The first kappa shape index (κ1) is 10.6. The third kappa shape index (κ3) is 8.58. The number of alkyl halides is 2. The van der Waals surface area contributed by atoms with Gasteiger partial charge in [0.2, 0.25) is 0 Å². The van der Waals surface area contributed by atoms with E-state index in [1.165, 1.54) is 0 Å². The van der Waals surface area contributed by atoms with Crippen molar-refractivity contribution in [2.45, 2.75) is 4.84 Å². The van der Waals surface area contributed by atoms with Gasteiger partial charge in [0.25, 0.3) is 10.2 Å². The van der Waals surface area contributed by atoms with Crippen molar-refractivity contribution in [2.24, 2.45) is 0 Å². The predicted octanol–water partition coefficient (Wildman–Crippen LogP) is 4.09. The highest BCUT2D eigenvalue weighted by molar-refractivity contribution is 8.45. The van der Waals surface area contributed by atoms with Crippen LogP contribution in [-0.4, -0.2) is 10.6 Å². The smallest absolute Gasteiger partial charge is 0.104 e. The Kier molecular flexibility index (Phi) is 1.95. The first-order valence-electron chi connectivity index (χ1n) is 1.90. The molecule has 0 nitrogen and oxygen atoms in total. The minimum atomic E-state index is -9.36. The van der Waals surface area contributed by atoms with Crippen LogP contribution in [0.25, 0.3) is 0 Å². The normalized spacial score (nSPS) is 20.4. The standard InChI is InChI=1S/C2H3Cl2F5S/c3-2(4)1-10(5,6,7,8)9/h2H,1H2. The zero-order valence-corrected chi connectivity index (χ0v) is 6.67. The summed E-state index contributed by atoms with van der Waals surface area (Å²) in [6, 6.07) is 0. The number of halogens is 7. The minimum absolute atomic E-state index is 2.10. The fourth-order valence-electron chi connectivity index (χ4n) is 0.238. The van der Waals surface area contributed by atoms with Gasteiger partial charge in [-0.1, -0.05) is 19.4 Å². The molecule has 0 unspecified atom stereocenters. The van der Waals surface area contributed by atoms with Crippen molar-refractivity contribution in [3.63, 3.8) is 0 Å². The molecule has 0 saturated carbocycles. The van der Waals surface area contributed by atoms with Crippen LogP contribution < -0.4 is 0 Å². The third-order valence-electron chi connectivity index (χ3n) is 0.441. The van der Waals surface area contributed by atoms with Crippen LogP contribution in [0, 0.1) is 0 Å². The molecular weight excluding hydrogens is 222 g/mol. The van der Waals surface area contributed by atoms with Gasteiger partial charge in [0.15, 0.2) is 0 Å². The van der Waals surface area contributed by atoms with Crippen LogP contribution in [0.15, 0.2) is 0 Å². The van der Waals surface area contributed by atoms with Gasteiger partial charge in [-0.3, -0.25) is 0 Å². The van der Waals surface area contributed by atoms with Crippen LogP contribution in [0.4, 0.5) is 19.4 Å². The molecule has 0 fully saturated rings. The van der Waals surface area contributed by atoms with Gasteiger partial charge in [0, 0.05) is 0 Å². The quantitative estimate of drug-likeness (QED) is 0.490. The van der Waals surface area contributed by atoms with Crippen LogP contribution in [0.1, 0.15) is 0 Å². The van der Waals surface area contributed by atoms with Crippen LogP contribution in [0.5, 0.6) is 0 Å². The highest BCUT2D eigenvalue weighted by Crippen LogP contribution is 2.98. The topological polar surface area (TPSA) is 0 Å². The van der Waals surface area contributed by atoms with Crippen molar-refractivity contribution in [3.8, 4) is 0 Å². The summed E-state index contributed by atoms with van der Waals surface area (Å²) in [5.41, 5.74) is 0. The molecule has 0 bridgehead atoms. The van der Waals surface area contributed by atoms with Crippen LogP contribution in [0.2, 0.25) is 0 Å². The number of rotatable bonds is 2. The monoisotopic (exact) mass is 224 g/mol. The lowest BCUT2D eigenvalue weighted by Gasteiger charge is -2.40. The van der Waals surface area contributed by atoms with E-state index in [0.717, 1.165) is 0 Å². The molecule has 0 aromatic carbocycles. The zero-order valence-electron chi connectivity index (χ0n) is 4.34. The van der Waals surface area contributed by atoms with Crippen molar-refractivity contribution in [3.05, 3.63) is 0 Å². The Bertz CT molecular complexity index is 132. The lowest BCUT2D eigenvalue weighted by Crippen LogP contribution is -2.16. The summed E-state index contributed by atoms with van der Waals surface area (Å²) in [7, 11) is -9.36. The van der Waals surface area contributed by atoms with Crippen LogP contribution >= 0.6 is 33.4 Å². The van der Waals surface area contributed by atoms with E-state index in [1.54, 1.807) is 0 Å². The average molecular weight is 225 g/mol. The SMILES string of the molecule is FS(F)(F)(F)(F)CC(Cl)Cl. The Balaban J connectivity index is 4.43. The maximum atomic E-state index is 11.3. The van der Waals surface area contributed by atoms with Crippen molar-refractivity contribution < 1.29 is 19.4 Å². The second-order valence-electron chi connectivity index (χ2n) is 1.69. The Hall–Kier alpha value is 0.580. The summed E-state index contributed by atoms with van der Waals surface area (Å²) in [5, 5.41) is 0. The molecule has 0 aliphatic rings. The summed E-state index contributed by atoms with van der Waals surface area (Å²) < 4.78 is 56.5. The van der Waals surface area contributed by atoms with E-state index in [4.69, 9.17) is 0 Å². The Labute approximate surface area is 64.0 Å². The van der Waals surface area contributed by atoms with Gasteiger partial charge >= 0.3 is 0 Å². The predicted molar refractivity (Wildman–Crippen MR) is 33.5 cm³/mol. The Morgan fingerprint density at radius 1 is 1.00 bits per heavy atom. The second kappa shape index (κ2) is 1.84. The minimum Gasteiger partial charge on any atom is -0.104 e. The fourth-order valence-corrected chi connectivity index (χ4v) is 2.14. The second-order valence-corrected chi connectivity index (χ2v) is 5.55. The molecule has 66 valence electrons. The summed E-state index contributed by atoms with van der Waals surface area (Å²) in [6.45, 7) is 0.